The van der Waals surface area contributed by atoms with Gasteiger partial charge in [-0.3, -0.25) is 4.79 Å². The van der Waals surface area contributed by atoms with Crippen molar-refractivity contribution in [3.63, 3.8) is 0 Å². The molecule has 120 valence electrons. The molecule has 0 radical (unpaired) electrons. The molecule has 1 N–H and O–H groups in total. The predicted molar refractivity (Wildman–Crippen MR) is 88.3 cm³/mol. The molecular weight excluding hydrogens is 302 g/mol. The van der Waals surface area contributed by atoms with Gasteiger partial charge in [-0.25, -0.2) is 4.68 Å². The van der Waals surface area contributed by atoms with E-state index < -0.39 is 0 Å². The summed E-state index contributed by atoms with van der Waals surface area (Å²) < 4.78 is 1.72. The highest BCUT2D eigenvalue weighted by molar-refractivity contribution is 5.97. The number of hydrogen-bond donors (Lipinski definition) is 1. The molecule has 0 bridgehead atoms. The number of benzene rings is 1. The normalized spacial score (nSPS) is 18.3. The standard InChI is InChI=1S/C15H21N5O.ClH/c1-16-9-11-4-3-7-20(10-11)15(21)12-5-6-14-13(8-12)17-18-19(14)2;/h5-6,8,11,16H,3-4,7,9-10H2,1-2H3;1H. The van der Waals surface area contributed by atoms with Crippen molar-refractivity contribution in [2.75, 3.05) is 26.7 Å². The summed E-state index contributed by atoms with van der Waals surface area (Å²) in [6, 6.07) is 5.62. The number of carbonyl (C=O) groups is 1. The van der Waals surface area contributed by atoms with Gasteiger partial charge in [0.05, 0.1) is 5.52 Å². The number of carbonyl (C=O) groups excluding carboxylic acids is 1. The second-order valence-electron chi connectivity index (χ2n) is 5.73. The number of fused-ring (bicyclic) bond motifs is 1. The van der Waals surface area contributed by atoms with Crippen molar-refractivity contribution in [3.05, 3.63) is 23.8 Å². The van der Waals surface area contributed by atoms with Crippen LogP contribution in [-0.4, -0.2) is 52.5 Å². The Labute approximate surface area is 136 Å². The highest BCUT2D eigenvalue weighted by atomic mass is 35.5. The third-order valence-corrected chi connectivity index (χ3v) is 4.16. The molecule has 1 aliphatic heterocycles. The molecular formula is C15H22ClN5O. The van der Waals surface area contributed by atoms with E-state index in [2.05, 4.69) is 15.6 Å². The lowest BCUT2D eigenvalue weighted by molar-refractivity contribution is 0.0674. The minimum absolute atomic E-state index is 0. The van der Waals surface area contributed by atoms with E-state index in [9.17, 15) is 4.79 Å². The lowest BCUT2D eigenvalue weighted by Crippen LogP contribution is -2.42. The number of amides is 1. The van der Waals surface area contributed by atoms with E-state index in [0.717, 1.165) is 37.1 Å². The van der Waals surface area contributed by atoms with Crippen molar-refractivity contribution in [2.45, 2.75) is 12.8 Å². The van der Waals surface area contributed by atoms with Crippen LogP contribution in [0.15, 0.2) is 18.2 Å². The zero-order chi connectivity index (χ0) is 14.8. The van der Waals surface area contributed by atoms with E-state index in [4.69, 9.17) is 0 Å². The van der Waals surface area contributed by atoms with Crippen LogP contribution in [0.3, 0.4) is 0 Å². The molecule has 2 heterocycles. The first kappa shape index (κ1) is 16.7. The molecule has 1 fully saturated rings. The summed E-state index contributed by atoms with van der Waals surface area (Å²) in [5.74, 6) is 0.649. The number of likely N-dealkylation sites (tertiary alicyclic amines) is 1. The van der Waals surface area contributed by atoms with Crippen molar-refractivity contribution in [1.82, 2.24) is 25.2 Å². The van der Waals surface area contributed by atoms with Gasteiger partial charge in [0, 0.05) is 25.7 Å². The molecule has 7 heteroatoms. The summed E-state index contributed by atoms with van der Waals surface area (Å²) in [4.78, 5) is 14.6. The molecule has 22 heavy (non-hydrogen) atoms. The molecule has 6 nitrogen and oxygen atoms in total. The van der Waals surface area contributed by atoms with Crippen molar-refractivity contribution >= 4 is 29.3 Å². The Morgan fingerprint density at radius 1 is 1.45 bits per heavy atom. The molecule has 1 unspecified atom stereocenters. The minimum Gasteiger partial charge on any atom is -0.338 e. The molecule has 1 saturated heterocycles. The Kier molecular flexibility index (Phi) is 5.37. The van der Waals surface area contributed by atoms with E-state index in [-0.39, 0.29) is 18.3 Å². The van der Waals surface area contributed by atoms with Crippen LogP contribution in [0.1, 0.15) is 23.2 Å². The first-order valence-electron chi connectivity index (χ1n) is 7.42. The fourth-order valence-electron chi connectivity index (χ4n) is 3.06. The predicted octanol–water partition coefficient (Wildman–Crippen LogP) is 1.46. The third-order valence-electron chi connectivity index (χ3n) is 4.16. The van der Waals surface area contributed by atoms with Gasteiger partial charge in [-0.05, 0) is 50.6 Å². The molecule has 0 spiro atoms. The highest BCUT2D eigenvalue weighted by Crippen LogP contribution is 2.20. The summed E-state index contributed by atoms with van der Waals surface area (Å²) in [7, 11) is 3.81. The number of aryl methyl sites for hydroxylation is 1. The van der Waals surface area contributed by atoms with Gasteiger partial charge in [0.15, 0.2) is 0 Å². The SMILES string of the molecule is CNCC1CCCN(C(=O)c2ccc3c(c2)nnn3C)C1.Cl. The molecule has 0 saturated carbocycles. The maximum Gasteiger partial charge on any atom is 0.253 e. The van der Waals surface area contributed by atoms with Crippen molar-refractivity contribution in [2.24, 2.45) is 13.0 Å². The lowest BCUT2D eigenvalue weighted by Gasteiger charge is -2.32. The van der Waals surface area contributed by atoms with E-state index >= 15 is 0 Å². The molecule has 2 aromatic rings. The number of nitrogens with zero attached hydrogens (tertiary/aromatic N) is 4. The van der Waals surface area contributed by atoms with Crippen LogP contribution in [0.2, 0.25) is 0 Å². The first-order chi connectivity index (χ1) is 10.2. The van der Waals surface area contributed by atoms with Crippen molar-refractivity contribution < 1.29 is 4.79 Å². The smallest absolute Gasteiger partial charge is 0.253 e. The Hall–Kier alpha value is -1.66. The number of hydrogen-bond acceptors (Lipinski definition) is 4. The van der Waals surface area contributed by atoms with E-state index in [1.807, 2.05) is 37.2 Å². The van der Waals surface area contributed by atoms with Crippen LogP contribution < -0.4 is 5.32 Å². The number of rotatable bonds is 3. The fourth-order valence-corrected chi connectivity index (χ4v) is 3.06. The Bertz CT molecular complexity index is 654. The largest absolute Gasteiger partial charge is 0.338 e. The summed E-state index contributed by atoms with van der Waals surface area (Å²) in [6.45, 7) is 2.64. The van der Waals surface area contributed by atoms with Gasteiger partial charge >= 0.3 is 0 Å². The molecule has 1 amide bonds. The van der Waals surface area contributed by atoms with E-state index in [1.165, 1.54) is 6.42 Å². The minimum atomic E-state index is 0. The topological polar surface area (TPSA) is 63.1 Å². The van der Waals surface area contributed by atoms with Crippen LogP contribution in [0, 0.1) is 5.92 Å². The van der Waals surface area contributed by atoms with Crippen LogP contribution in [-0.2, 0) is 7.05 Å². The molecule has 0 aliphatic carbocycles. The van der Waals surface area contributed by atoms with Gasteiger partial charge in [0.2, 0.25) is 0 Å². The van der Waals surface area contributed by atoms with E-state index in [0.29, 0.717) is 11.5 Å². The summed E-state index contributed by atoms with van der Waals surface area (Å²) in [6.07, 6.45) is 2.26. The third kappa shape index (κ3) is 3.23. The van der Waals surface area contributed by atoms with E-state index in [1.54, 1.807) is 4.68 Å². The molecule has 1 aromatic heterocycles. The van der Waals surface area contributed by atoms with Gasteiger partial charge in [-0.1, -0.05) is 5.21 Å². The molecule has 1 aliphatic rings. The number of piperidine rings is 1. The Morgan fingerprint density at radius 2 is 2.27 bits per heavy atom. The maximum atomic E-state index is 12.7. The average molecular weight is 324 g/mol. The van der Waals surface area contributed by atoms with Gasteiger partial charge in [-0.2, -0.15) is 0 Å². The molecule has 1 atom stereocenters. The first-order valence-corrected chi connectivity index (χ1v) is 7.42. The average Bonchev–Trinajstić information content (AvgIpc) is 2.88. The fraction of sp³-hybridized carbons (Fsp3) is 0.533. The Morgan fingerprint density at radius 3 is 3.05 bits per heavy atom. The lowest BCUT2D eigenvalue weighted by atomic mass is 9.97. The highest BCUT2D eigenvalue weighted by Gasteiger charge is 2.24. The second kappa shape index (κ2) is 7.07. The summed E-state index contributed by atoms with van der Waals surface area (Å²) >= 11 is 0. The van der Waals surface area contributed by atoms with Gasteiger partial charge in [0.25, 0.3) is 5.91 Å². The second-order valence-corrected chi connectivity index (χ2v) is 5.73. The quantitative estimate of drug-likeness (QED) is 0.929. The van der Waals surface area contributed by atoms with Gasteiger partial charge in [-0.15, -0.1) is 17.5 Å². The van der Waals surface area contributed by atoms with Crippen molar-refractivity contribution in [1.29, 1.82) is 0 Å². The number of nitrogens with one attached hydrogen (secondary N) is 1. The van der Waals surface area contributed by atoms with Crippen LogP contribution in [0.25, 0.3) is 11.0 Å². The zero-order valence-electron chi connectivity index (χ0n) is 13.0. The van der Waals surface area contributed by atoms with Crippen LogP contribution >= 0.6 is 12.4 Å². The van der Waals surface area contributed by atoms with Crippen molar-refractivity contribution in [3.8, 4) is 0 Å². The summed E-state index contributed by atoms with van der Waals surface area (Å²) in [5, 5.41) is 11.3. The summed E-state index contributed by atoms with van der Waals surface area (Å²) in [5.41, 5.74) is 2.42. The maximum absolute atomic E-state index is 12.7. The van der Waals surface area contributed by atoms with Gasteiger partial charge in [0.1, 0.15) is 5.52 Å². The van der Waals surface area contributed by atoms with Crippen LogP contribution in [0.5, 0.6) is 0 Å². The zero-order valence-corrected chi connectivity index (χ0v) is 13.8. The van der Waals surface area contributed by atoms with Gasteiger partial charge < -0.3 is 10.2 Å². The van der Waals surface area contributed by atoms with Crippen LogP contribution in [0.4, 0.5) is 0 Å². The molecule has 1 aromatic carbocycles. The molecule has 3 rings (SSSR count). The number of halogens is 1. The Balaban J connectivity index is 0.00000176. The number of aromatic nitrogens is 3. The monoisotopic (exact) mass is 323 g/mol.